The Balaban J connectivity index is 2.30. The highest BCUT2D eigenvalue weighted by Crippen LogP contribution is 2.33. The molecule has 4 aromatic carbocycles. The molecule has 2 nitrogen and oxygen atoms in total. The molecule has 0 radical (unpaired) electrons. The first-order valence-corrected chi connectivity index (χ1v) is 22.5. The summed E-state index contributed by atoms with van der Waals surface area (Å²) in [6, 6.07) is 45.0. The van der Waals surface area contributed by atoms with Gasteiger partial charge in [-0.3, -0.25) is 0 Å². The summed E-state index contributed by atoms with van der Waals surface area (Å²) in [5.41, 5.74) is -0.478. The molecular formula is C32H40O2Si3. The summed E-state index contributed by atoms with van der Waals surface area (Å²) < 4.78 is 13.6. The maximum Gasteiger partial charge on any atom is 0.249 e. The molecule has 0 N–H and O–H groups in total. The Hall–Kier alpha value is -2.55. The van der Waals surface area contributed by atoms with E-state index in [1.807, 2.05) is 0 Å². The molecule has 37 heavy (non-hydrogen) atoms. The van der Waals surface area contributed by atoms with Crippen LogP contribution in [0.5, 0.6) is 0 Å². The van der Waals surface area contributed by atoms with Crippen molar-refractivity contribution >= 4 is 43.3 Å². The van der Waals surface area contributed by atoms with Crippen LogP contribution in [0.1, 0.15) is 13.8 Å². The second-order valence-corrected chi connectivity index (χ2v) is 33.9. The van der Waals surface area contributed by atoms with Crippen LogP contribution in [0.3, 0.4) is 0 Å². The fraction of sp³-hybridized carbons (Fsp3) is 0.250. The quantitative estimate of drug-likeness (QED) is 0.265. The summed E-state index contributed by atoms with van der Waals surface area (Å²) in [4.78, 5) is 0. The highest BCUT2D eigenvalue weighted by atomic mass is 29.6. The number of ether oxygens (including phenoxy) is 1. The summed E-state index contributed by atoms with van der Waals surface area (Å²) in [5, 5.41) is 5.61. The molecule has 0 saturated heterocycles. The molecule has 0 amide bonds. The molecular weight excluding hydrogens is 501 g/mol. The van der Waals surface area contributed by atoms with E-state index in [1.54, 1.807) is 7.11 Å². The fourth-order valence-corrected chi connectivity index (χ4v) is 45.6. The average Bonchev–Trinajstić information content (AvgIpc) is 2.90. The van der Waals surface area contributed by atoms with Crippen molar-refractivity contribution in [2.45, 2.75) is 39.1 Å². The van der Waals surface area contributed by atoms with Crippen LogP contribution in [0.25, 0.3) is 0 Å². The number of rotatable bonds is 10. The van der Waals surface area contributed by atoms with Crippen LogP contribution in [0.15, 0.2) is 121 Å². The lowest BCUT2D eigenvalue weighted by Crippen LogP contribution is -2.95. The third kappa shape index (κ3) is 4.99. The SMILES string of the molecule is COCC(C)(C)O[Si](c1ccccc1)(c1ccccc1)[Si](c1ccccc1)(c1ccccc1)[Si](C)(C)C. The van der Waals surface area contributed by atoms with E-state index in [2.05, 4.69) is 155 Å². The molecule has 5 heteroatoms. The Labute approximate surface area is 226 Å². The molecule has 0 aliphatic carbocycles. The highest BCUT2D eigenvalue weighted by molar-refractivity contribution is 7.80. The van der Waals surface area contributed by atoms with Gasteiger partial charge in [-0.25, -0.2) is 0 Å². The van der Waals surface area contributed by atoms with Crippen LogP contribution in [-0.2, 0) is 9.16 Å². The third-order valence-corrected chi connectivity index (χ3v) is 41.5. The number of hydrogen-bond acceptors (Lipinski definition) is 2. The molecule has 4 aromatic rings. The predicted octanol–water partition coefficient (Wildman–Crippen LogP) is 4.95. The Morgan fingerprint density at radius 3 is 1.16 bits per heavy atom. The van der Waals surface area contributed by atoms with E-state index in [-0.39, 0.29) is 0 Å². The lowest BCUT2D eigenvalue weighted by atomic mass is 10.2. The van der Waals surface area contributed by atoms with E-state index in [0.717, 1.165) is 0 Å². The lowest BCUT2D eigenvalue weighted by molar-refractivity contribution is 0.0168. The molecule has 0 saturated carbocycles. The number of hydrogen-bond donors (Lipinski definition) is 0. The van der Waals surface area contributed by atoms with Crippen LogP contribution in [0, 0.1) is 0 Å². The van der Waals surface area contributed by atoms with Crippen LogP contribution in [-0.4, -0.2) is 41.9 Å². The highest BCUT2D eigenvalue weighted by Gasteiger charge is 2.68. The largest absolute Gasteiger partial charge is 0.403 e. The standard InChI is InChI=1S/C32H40O2Si3/c1-32(2,27-33-3)34-36(28-19-11-7-12-20-28,29-21-13-8-14-22-29)37(35(4,5)6,30-23-15-9-16-24-30)31-25-17-10-18-26-31/h7-26H,27H2,1-6H3. The molecule has 0 atom stereocenters. The van der Waals surface area contributed by atoms with E-state index in [4.69, 9.17) is 9.16 Å². The fourth-order valence-electron chi connectivity index (χ4n) is 6.27. The van der Waals surface area contributed by atoms with Crippen LogP contribution >= 0.6 is 0 Å². The normalized spacial score (nSPS) is 12.9. The molecule has 0 bridgehead atoms. The summed E-state index contributed by atoms with van der Waals surface area (Å²) in [5.74, 6) is 0. The van der Waals surface area contributed by atoms with Crippen LogP contribution in [0.4, 0.5) is 0 Å². The van der Waals surface area contributed by atoms with Gasteiger partial charge in [-0.2, -0.15) is 0 Å². The molecule has 0 heterocycles. The van der Waals surface area contributed by atoms with Crippen LogP contribution in [0.2, 0.25) is 19.6 Å². The van der Waals surface area contributed by atoms with Gasteiger partial charge in [-0.1, -0.05) is 151 Å². The van der Waals surface area contributed by atoms with Gasteiger partial charge in [0.15, 0.2) is 0 Å². The first-order chi connectivity index (χ1) is 17.7. The van der Waals surface area contributed by atoms with E-state index < -0.39 is 28.1 Å². The van der Waals surface area contributed by atoms with Gasteiger partial charge in [0.25, 0.3) is 0 Å². The molecule has 0 spiro atoms. The zero-order chi connectivity index (χ0) is 26.6. The Bertz CT molecular complexity index is 1180. The molecule has 192 valence electrons. The van der Waals surface area contributed by atoms with Gasteiger partial charge < -0.3 is 9.16 Å². The van der Waals surface area contributed by atoms with Crippen molar-refractivity contribution in [1.82, 2.24) is 0 Å². The Morgan fingerprint density at radius 1 is 0.541 bits per heavy atom. The van der Waals surface area contributed by atoms with Gasteiger partial charge >= 0.3 is 0 Å². The van der Waals surface area contributed by atoms with Crippen molar-refractivity contribution in [3.8, 4) is 0 Å². The van der Waals surface area contributed by atoms with Crippen LogP contribution < -0.4 is 20.7 Å². The van der Waals surface area contributed by atoms with Gasteiger partial charge in [0.2, 0.25) is 7.83 Å². The number of benzene rings is 4. The van der Waals surface area contributed by atoms with Gasteiger partial charge in [0, 0.05) is 7.11 Å². The summed E-state index contributed by atoms with van der Waals surface area (Å²) >= 11 is 0. The van der Waals surface area contributed by atoms with Crippen molar-refractivity contribution in [2.24, 2.45) is 0 Å². The summed E-state index contributed by atoms with van der Waals surface area (Å²) in [6.45, 7) is 12.6. The number of methoxy groups -OCH3 is 1. The molecule has 4 rings (SSSR count). The van der Waals surface area contributed by atoms with Crippen molar-refractivity contribution in [3.05, 3.63) is 121 Å². The molecule has 0 unspecified atom stereocenters. The smallest absolute Gasteiger partial charge is 0.249 e. The minimum absolute atomic E-state index is 0.478. The van der Waals surface area contributed by atoms with Gasteiger partial charge in [-0.05, 0) is 24.2 Å². The molecule has 0 aliphatic heterocycles. The van der Waals surface area contributed by atoms with E-state index >= 15 is 0 Å². The second kappa shape index (κ2) is 11.1. The Kier molecular flexibility index (Phi) is 8.21. The lowest BCUT2D eigenvalue weighted by Gasteiger charge is -2.56. The second-order valence-electron chi connectivity index (χ2n) is 11.4. The molecule has 0 fully saturated rings. The van der Waals surface area contributed by atoms with Gasteiger partial charge in [0.1, 0.15) is 7.11 Å². The maximum absolute atomic E-state index is 7.85. The van der Waals surface area contributed by atoms with Crippen molar-refractivity contribution in [2.75, 3.05) is 13.7 Å². The van der Waals surface area contributed by atoms with E-state index in [9.17, 15) is 0 Å². The molecule has 0 aliphatic rings. The summed E-state index contributed by atoms with van der Waals surface area (Å²) in [6.07, 6.45) is 0. The van der Waals surface area contributed by atoms with E-state index in [1.165, 1.54) is 20.7 Å². The van der Waals surface area contributed by atoms with Crippen molar-refractivity contribution < 1.29 is 9.16 Å². The minimum atomic E-state index is -3.00. The van der Waals surface area contributed by atoms with Gasteiger partial charge in [0.05, 0.1) is 19.8 Å². The van der Waals surface area contributed by atoms with Crippen molar-refractivity contribution in [1.29, 1.82) is 0 Å². The first-order valence-electron chi connectivity index (χ1n) is 13.1. The molecule has 0 aromatic heterocycles. The predicted molar refractivity (Wildman–Crippen MR) is 166 cm³/mol. The zero-order valence-electron chi connectivity index (χ0n) is 23.1. The van der Waals surface area contributed by atoms with Crippen molar-refractivity contribution in [3.63, 3.8) is 0 Å². The monoisotopic (exact) mass is 540 g/mol. The van der Waals surface area contributed by atoms with Gasteiger partial charge in [-0.15, -0.1) is 0 Å². The van der Waals surface area contributed by atoms with E-state index in [0.29, 0.717) is 6.61 Å². The third-order valence-electron chi connectivity index (χ3n) is 7.35. The average molecular weight is 541 g/mol. The zero-order valence-corrected chi connectivity index (χ0v) is 26.1. The Morgan fingerprint density at radius 2 is 0.865 bits per heavy atom. The maximum atomic E-state index is 7.85. The first kappa shape index (κ1) is 27.5. The summed E-state index contributed by atoms with van der Waals surface area (Å²) in [7, 11) is -5.88. The topological polar surface area (TPSA) is 18.5 Å². The minimum Gasteiger partial charge on any atom is -0.403 e.